The summed E-state index contributed by atoms with van der Waals surface area (Å²) < 4.78 is 20.0. The standard InChI is InChI=1S/C16H21BrFN3O2/c1-11(2)7-15-19-16(23-20-15)10-21(5-6-22)9-12-8-13(17)3-4-14(12)18/h3-4,8,11,22H,5-7,9-10H2,1-2H3. The van der Waals surface area contributed by atoms with Crippen molar-refractivity contribution in [3.05, 3.63) is 45.8 Å². The first-order valence-corrected chi connectivity index (χ1v) is 8.36. The summed E-state index contributed by atoms with van der Waals surface area (Å²) in [4.78, 5) is 6.22. The number of hydrogen-bond acceptors (Lipinski definition) is 5. The lowest BCUT2D eigenvalue weighted by molar-refractivity contribution is 0.166. The summed E-state index contributed by atoms with van der Waals surface area (Å²) in [6.07, 6.45) is 0.754. The molecule has 0 unspecified atom stereocenters. The molecule has 1 aromatic heterocycles. The van der Waals surface area contributed by atoms with Gasteiger partial charge < -0.3 is 9.63 Å². The van der Waals surface area contributed by atoms with Gasteiger partial charge in [0.05, 0.1) is 13.2 Å². The van der Waals surface area contributed by atoms with Crippen LogP contribution in [0.2, 0.25) is 0 Å². The number of rotatable bonds is 8. The van der Waals surface area contributed by atoms with Gasteiger partial charge in [-0.1, -0.05) is 34.9 Å². The Bertz CT molecular complexity index is 634. The Balaban J connectivity index is 2.06. The Kier molecular flexibility index (Phi) is 6.68. The molecule has 0 saturated carbocycles. The highest BCUT2D eigenvalue weighted by Gasteiger charge is 2.15. The van der Waals surface area contributed by atoms with Crippen LogP contribution in [0.3, 0.4) is 0 Å². The molecule has 0 aliphatic heterocycles. The molecular formula is C16H21BrFN3O2. The van der Waals surface area contributed by atoms with Gasteiger partial charge in [0, 0.05) is 29.5 Å². The van der Waals surface area contributed by atoms with Crippen LogP contribution in [0.15, 0.2) is 27.2 Å². The van der Waals surface area contributed by atoms with Gasteiger partial charge in [-0.05, 0) is 24.1 Å². The quantitative estimate of drug-likeness (QED) is 0.755. The highest BCUT2D eigenvalue weighted by atomic mass is 79.9. The molecule has 1 aromatic carbocycles. The van der Waals surface area contributed by atoms with E-state index < -0.39 is 0 Å². The number of halogens is 2. The fourth-order valence-corrected chi connectivity index (χ4v) is 2.66. The molecule has 0 aliphatic rings. The van der Waals surface area contributed by atoms with E-state index in [1.54, 1.807) is 12.1 Å². The normalized spacial score (nSPS) is 11.6. The Morgan fingerprint density at radius 3 is 2.83 bits per heavy atom. The molecule has 0 bridgehead atoms. The van der Waals surface area contributed by atoms with E-state index in [1.165, 1.54) is 6.07 Å². The first-order chi connectivity index (χ1) is 11.0. The van der Waals surface area contributed by atoms with Crippen LogP contribution in [0.1, 0.15) is 31.1 Å². The first kappa shape index (κ1) is 18.0. The van der Waals surface area contributed by atoms with Gasteiger partial charge in [0.15, 0.2) is 5.82 Å². The maximum Gasteiger partial charge on any atom is 0.240 e. The average Bonchev–Trinajstić information content (AvgIpc) is 2.89. The second-order valence-electron chi connectivity index (χ2n) is 5.87. The maximum absolute atomic E-state index is 13.9. The molecular weight excluding hydrogens is 365 g/mol. The fraction of sp³-hybridized carbons (Fsp3) is 0.500. The van der Waals surface area contributed by atoms with Gasteiger partial charge in [0.1, 0.15) is 5.82 Å². The summed E-state index contributed by atoms with van der Waals surface area (Å²) in [5.41, 5.74) is 0.551. The number of hydrogen-bond donors (Lipinski definition) is 1. The van der Waals surface area contributed by atoms with Gasteiger partial charge in [0.2, 0.25) is 5.89 Å². The summed E-state index contributed by atoms with van der Waals surface area (Å²) in [6, 6.07) is 4.81. The Hall–Kier alpha value is -1.31. The van der Waals surface area contributed by atoms with Gasteiger partial charge in [0.25, 0.3) is 0 Å². The molecule has 23 heavy (non-hydrogen) atoms. The van der Waals surface area contributed by atoms with Gasteiger partial charge >= 0.3 is 0 Å². The molecule has 1 N–H and O–H groups in total. The molecule has 7 heteroatoms. The van der Waals surface area contributed by atoms with Crippen LogP contribution in [0.25, 0.3) is 0 Å². The van der Waals surface area contributed by atoms with Gasteiger partial charge in [-0.15, -0.1) is 0 Å². The zero-order chi connectivity index (χ0) is 16.8. The summed E-state index contributed by atoms with van der Waals surface area (Å²) in [7, 11) is 0. The minimum Gasteiger partial charge on any atom is -0.395 e. The number of aromatic nitrogens is 2. The van der Waals surface area contributed by atoms with Crippen molar-refractivity contribution in [1.82, 2.24) is 15.0 Å². The van der Waals surface area contributed by atoms with Crippen molar-refractivity contribution in [2.24, 2.45) is 5.92 Å². The number of nitrogens with zero attached hydrogens (tertiary/aromatic N) is 3. The first-order valence-electron chi connectivity index (χ1n) is 7.56. The molecule has 0 aliphatic carbocycles. The van der Waals surface area contributed by atoms with Crippen LogP contribution < -0.4 is 0 Å². The van der Waals surface area contributed by atoms with Crippen LogP contribution in [0.5, 0.6) is 0 Å². The lowest BCUT2D eigenvalue weighted by atomic mass is 10.1. The lowest BCUT2D eigenvalue weighted by Gasteiger charge is -2.19. The van der Waals surface area contributed by atoms with Crippen molar-refractivity contribution in [1.29, 1.82) is 0 Å². The third-order valence-electron chi connectivity index (χ3n) is 3.28. The molecule has 0 fully saturated rings. The molecule has 5 nitrogen and oxygen atoms in total. The zero-order valence-corrected chi connectivity index (χ0v) is 14.9. The van der Waals surface area contributed by atoms with Gasteiger partial charge in [-0.25, -0.2) is 4.39 Å². The van der Waals surface area contributed by atoms with Crippen LogP contribution >= 0.6 is 15.9 Å². The largest absolute Gasteiger partial charge is 0.395 e. The van der Waals surface area contributed by atoms with Crippen LogP contribution in [-0.4, -0.2) is 33.3 Å². The van der Waals surface area contributed by atoms with E-state index in [4.69, 9.17) is 4.52 Å². The Morgan fingerprint density at radius 2 is 2.13 bits per heavy atom. The van der Waals surface area contributed by atoms with E-state index >= 15 is 0 Å². The molecule has 0 spiro atoms. The number of aliphatic hydroxyl groups excluding tert-OH is 1. The highest BCUT2D eigenvalue weighted by Crippen LogP contribution is 2.18. The summed E-state index contributed by atoms with van der Waals surface area (Å²) in [5, 5.41) is 13.2. The maximum atomic E-state index is 13.9. The summed E-state index contributed by atoms with van der Waals surface area (Å²) in [6.45, 7) is 5.27. The molecule has 0 radical (unpaired) electrons. The van der Waals surface area contributed by atoms with Crippen molar-refractivity contribution in [3.63, 3.8) is 0 Å². The third-order valence-corrected chi connectivity index (χ3v) is 3.77. The van der Waals surface area contributed by atoms with E-state index in [0.717, 1.165) is 10.9 Å². The molecule has 0 amide bonds. The van der Waals surface area contributed by atoms with E-state index in [1.807, 2.05) is 4.90 Å². The van der Waals surface area contributed by atoms with Crippen molar-refractivity contribution >= 4 is 15.9 Å². The van der Waals surface area contributed by atoms with Crippen molar-refractivity contribution in [3.8, 4) is 0 Å². The third kappa shape index (κ3) is 5.67. The molecule has 0 atom stereocenters. The van der Waals surface area contributed by atoms with Crippen molar-refractivity contribution < 1.29 is 14.0 Å². The zero-order valence-electron chi connectivity index (χ0n) is 13.3. The minimum atomic E-state index is -0.276. The minimum absolute atomic E-state index is 0.0252. The van der Waals surface area contributed by atoms with E-state index in [2.05, 4.69) is 39.9 Å². The SMILES string of the molecule is CC(C)Cc1noc(CN(CCO)Cc2cc(Br)ccc2F)n1. The van der Waals surface area contributed by atoms with E-state index in [0.29, 0.717) is 42.8 Å². The molecule has 2 aromatic rings. The van der Waals surface area contributed by atoms with Crippen molar-refractivity contribution in [2.45, 2.75) is 33.4 Å². The predicted molar refractivity (Wildman–Crippen MR) is 88.1 cm³/mol. The second kappa shape index (κ2) is 8.52. The van der Waals surface area contributed by atoms with Crippen molar-refractivity contribution in [2.75, 3.05) is 13.2 Å². The van der Waals surface area contributed by atoms with Crippen LogP contribution in [0, 0.1) is 11.7 Å². The summed E-state index contributed by atoms with van der Waals surface area (Å²) >= 11 is 3.34. The fourth-order valence-electron chi connectivity index (χ4n) is 2.25. The Morgan fingerprint density at radius 1 is 1.35 bits per heavy atom. The predicted octanol–water partition coefficient (Wildman–Crippen LogP) is 3.16. The topological polar surface area (TPSA) is 62.4 Å². The number of aliphatic hydroxyl groups is 1. The number of benzene rings is 1. The smallest absolute Gasteiger partial charge is 0.240 e. The van der Waals surface area contributed by atoms with Crippen LogP contribution in [-0.2, 0) is 19.5 Å². The molecule has 0 saturated heterocycles. The highest BCUT2D eigenvalue weighted by molar-refractivity contribution is 9.10. The van der Waals surface area contributed by atoms with E-state index in [-0.39, 0.29) is 12.4 Å². The average molecular weight is 386 g/mol. The Labute approximate surface area is 143 Å². The second-order valence-corrected chi connectivity index (χ2v) is 6.79. The lowest BCUT2D eigenvalue weighted by Crippen LogP contribution is -2.26. The van der Waals surface area contributed by atoms with Gasteiger partial charge in [-0.2, -0.15) is 4.98 Å². The monoisotopic (exact) mass is 385 g/mol. The molecule has 126 valence electrons. The van der Waals surface area contributed by atoms with Gasteiger partial charge in [-0.3, -0.25) is 4.90 Å². The van der Waals surface area contributed by atoms with E-state index in [9.17, 15) is 9.50 Å². The molecule has 1 heterocycles. The molecule has 2 rings (SSSR count). The van der Waals surface area contributed by atoms with Crippen LogP contribution in [0.4, 0.5) is 4.39 Å². The summed E-state index contributed by atoms with van der Waals surface area (Å²) in [5.74, 6) is 1.32.